The molecule has 1 aliphatic rings. The van der Waals surface area contributed by atoms with Crippen molar-refractivity contribution in [3.05, 3.63) is 43.0 Å². The van der Waals surface area contributed by atoms with Crippen molar-refractivity contribution in [3.63, 3.8) is 0 Å². The molecule has 1 aliphatic heterocycles. The van der Waals surface area contributed by atoms with E-state index in [4.69, 9.17) is 20.7 Å². The molecule has 2 heterocycles. The van der Waals surface area contributed by atoms with Gasteiger partial charge in [-0.2, -0.15) is 0 Å². The van der Waals surface area contributed by atoms with Gasteiger partial charge in [-0.3, -0.25) is 14.3 Å². The molecule has 1 fully saturated rings. The fourth-order valence-electron chi connectivity index (χ4n) is 2.30. The second kappa shape index (κ2) is 8.30. The van der Waals surface area contributed by atoms with Crippen LogP contribution in [0.4, 0.5) is 0 Å². The Morgan fingerprint density at radius 2 is 2.42 bits per heavy atom. The molecule has 0 bridgehead atoms. The average Bonchev–Trinajstić information content (AvgIpc) is 2.97. The number of aliphatic hydroxyl groups excluding tert-OH is 1. The van der Waals surface area contributed by atoms with E-state index in [-0.39, 0.29) is 31.9 Å². The maximum Gasteiger partial charge on any atom is 0.330 e. The van der Waals surface area contributed by atoms with E-state index in [2.05, 4.69) is 26.9 Å². The molecule has 0 amide bonds. The van der Waals surface area contributed by atoms with Crippen LogP contribution in [0.3, 0.4) is 0 Å². The summed E-state index contributed by atoms with van der Waals surface area (Å²) in [7, 11) is 0. The van der Waals surface area contributed by atoms with Gasteiger partial charge in [0, 0.05) is 17.5 Å². The Kier molecular flexibility index (Phi) is 6.14. The lowest BCUT2D eigenvalue weighted by Crippen LogP contribution is -2.33. The molecule has 0 radical (unpaired) electrons. The summed E-state index contributed by atoms with van der Waals surface area (Å²) in [6.45, 7) is -0.489. The Hall–Kier alpha value is -2.61. The molecule has 1 aromatic rings. The maximum atomic E-state index is 12.0. The predicted octanol–water partition coefficient (Wildman–Crippen LogP) is -1.22. The van der Waals surface area contributed by atoms with Gasteiger partial charge < -0.3 is 20.3 Å². The molecule has 24 heavy (non-hydrogen) atoms. The molecule has 0 aliphatic carbocycles. The monoisotopic (exact) mass is 336 g/mol. The summed E-state index contributed by atoms with van der Waals surface area (Å²) in [6.07, 6.45) is -0.522. The van der Waals surface area contributed by atoms with Crippen LogP contribution < -0.4 is 17.0 Å². The second-order valence-corrected chi connectivity index (χ2v) is 4.83. The predicted molar refractivity (Wildman–Crippen MR) is 81.8 cm³/mol. The Labute approximate surface area is 135 Å². The largest absolute Gasteiger partial charge is 0.394 e. The van der Waals surface area contributed by atoms with Crippen LogP contribution in [0.5, 0.6) is 0 Å². The topological polar surface area (TPSA) is 168 Å². The molecule has 0 aromatic carbocycles. The first-order valence-electron chi connectivity index (χ1n) is 7.04. The molecule has 1 saturated heterocycles. The lowest BCUT2D eigenvalue weighted by molar-refractivity contribution is -0.0612. The van der Waals surface area contributed by atoms with Gasteiger partial charge in [-0.25, -0.2) is 4.79 Å². The quantitative estimate of drug-likeness (QED) is 0.263. The number of ether oxygens (including phenoxy) is 2. The number of aliphatic hydroxyl groups is 1. The highest BCUT2D eigenvalue weighted by Crippen LogP contribution is 2.29. The van der Waals surface area contributed by atoms with Crippen LogP contribution >= 0.6 is 0 Å². The van der Waals surface area contributed by atoms with Gasteiger partial charge in [-0.15, -0.1) is 0 Å². The van der Waals surface area contributed by atoms with Crippen LogP contribution in [0.25, 0.3) is 10.4 Å². The summed E-state index contributed by atoms with van der Waals surface area (Å²) >= 11 is 0. The van der Waals surface area contributed by atoms with Crippen LogP contribution in [0.15, 0.2) is 20.9 Å². The number of hydrogen-bond donors (Lipinski definition) is 3. The average molecular weight is 336 g/mol. The molecule has 0 unspecified atom stereocenters. The van der Waals surface area contributed by atoms with Crippen molar-refractivity contribution in [3.8, 4) is 11.8 Å². The Morgan fingerprint density at radius 1 is 1.62 bits per heavy atom. The van der Waals surface area contributed by atoms with Gasteiger partial charge in [0.2, 0.25) is 0 Å². The van der Waals surface area contributed by atoms with Gasteiger partial charge in [0.15, 0.2) is 0 Å². The lowest BCUT2D eigenvalue weighted by atomic mass is 10.2. The molecule has 0 saturated carbocycles. The zero-order valence-corrected chi connectivity index (χ0v) is 12.6. The Bertz CT molecular complexity index is 800. The maximum absolute atomic E-state index is 12.0. The van der Waals surface area contributed by atoms with E-state index in [0.717, 1.165) is 0 Å². The number of nitrogens with zero attached hydrogens (tertiary/aromatic N) is 4. The first-order valence-corrected chi connectivity index (χ1v) is 7.04. The van der Waals surface area contributed by atoms with Crippen molar-refractivity contribution in [1.29, 1.82) is 0 Å². The molecule has 11 heteroatoms. The van der Waals surface area contributed by atoms with E-state index < -0.39 is 29.7 Å². The van der Waals surface area contributed by atoms with Gasteiger partial charge in [0.1, 0.15) is 24.6 Å². The summed E-state index contributed by atoms with van der Waals surface area (Å²) in [5.74, 6) is 5.11. The zero-order chi connectivity index (χ0) is 17.5. The summed E-state index contributed by atoms with van der Waals surface area (Å²) in [6, 6.07) is 0. The molecule has 128 valence electrons. The zero-order valence-electron chi connectivity index (χ0n) is 12.6. The van der Waals surface area contributed by atoms with Gasteiger partial charge >= 0.3 is 5.69 Å². The van der Waals surface area contributed by atoms with Crippen molar-refractivity contribution in [2.24, 2.45) is 10.8 Å². The Balaban J connectivity index is 2.26. The number of H-pyrrole nitrogens is 1. The summed E-state index contributed by atoms with van der Waals surface area (Å²) in [5.41, 5.74) is 12.3. The van der Waals surface area contributed by atoms with Crippen molar-refractivity contribution in [2.45, 2.75) is 24.9 Å². The number of aromatic amines is 1. The second-order valence-electron chi connectivity index (χ2n) is 4.83. The van der Waals surface area contributed by atoms with Crippen LogP contribution in [-0.2, 0) is 9.47 Å². The molecule has 4 N–H and O–H groups in total. The summed E-state index contributed by atoms with van der Waals surface area (Å²) in [4.78, 5) is 28.4. The van der Waals surface area contributed by atoms with E-state index in [0.29, 0.717) is 0 Å². The van der Waals surface area contributed by atoms with Gasteiger partial charge in [0.05, 0.1) is 19.3 Å². The van der Waals surface area contributed by atoms with E-state index in [9.17, 15) is 14.7 Å². The smallest absolute Gasteiger partial charge is 0.330 e. The van der Waals surface area contributed by atoms with Crippen LogP contribution in [0.2, 0.25) is 0 Å². The van der Waals surface area contributed by atoms with Crippen molar-refractivity contribution >= 4 is 0 Å². The highest BCUT2D eigenvalue weighted by atomic mass is 16.6. The van der Waals surface area contributed by atoms with Gasteiger partial charge in [-0.1, -0.05) is 17.0 Å². The normalized spacial score (nSPS) is 22.5. The van der Waals surface area contributed by atoms with E-state index in [1.807, 2.05) is 0 Å². The number of nitrogens with two attached hydrogens (primary N) is 1. The van der Waals surface area contributed by atoms with Gasteiger partial charge in [0.25, 0.3) is 5.56 Å². The van der Waals surface area contributed by atoms with Crippen LogP contribution in [0.1, 0.15) is 18.2 Å². The molecule has 11 nitrogen and oxygen atoms in total. The number of azide groups is 1. The Morgan fingerprint density at radius 3 is 3.08 bits per heavy atom. The fraction of sp³-hybridized carbons (Fsp3) is 0.538. The highest BCUT2D eigenvalue weighted by Gasteiger charge is 2.37. The minimum Gasteiger partial charge on any atom is -0.394 e. The third kappa shape index (κ3) is 4.02. The SMILES string of the molecule is [N-]=[N+]=NCO[C@H]1C[C@H](n2cc(C#CCN)c(=O)[nH]c2=O)O[C@@H]1CO. The number of rotatable bonds is 5. The molecular formula is C13H16N6O5. The molecule has 3 atom stereocenters. The molecule has 2 rings (SSSR count). The van der Waals surface area contributed by atoms with Crippen molar-refractivity contribution in [1.82, 2.24) is 9.55 Å². The minimum atomic E-state index is -0.763. The minimum absolute atomic E-state index is 0.0698. The van der Waals surface area contributed by atoms with E-state index in [1.54, 1.807) is 0 Å². The summed E-state index contributed by atoms with van der Waals surface area (Å²) < 4.78 is 12.1. The van der Waals surface area contributed by atoms with Crippen molar-refractivity contribution < 1.29 is 14.6 Å². The number of hydrogen-bond acceptors (Lipinski definition) is 7. The van der Waals surface area contributed by atoms with Gasteiger partial charge in [-0.05, 0) is 5.53 Å². The first-order chi connectivity index (χ1) is 11.6. The van der Waals surface area contributed by atoms with Crippen LogP contribution in [-0.4, -0.2) is 46.7 Å². The molecular weight excluding hydrogens is 320 g/mol. The van der Waals surface area contributed by atoms with E-state index in [1.165, 1.54) is 10.8 Å². The molecule has 0 spiro atoms. The number of aromatic nitrogens is 2. The summed E-state index contributed by atoms with van der Waals surface area (Å²) in [5, 5.41) is 12.6. The van der Waals surface area contributed by atoms with Crippen molar-refractivity contribution in [2.75, 3.05) is 19.9 Å². The standard InChI is InChI=1S/C13H16N6O5/c14-3-1-2-8-5-19(13(22)17-12(8)21)11-4-9(10(6-20)24-11)23-7-16-18-15/h5,9-11,20H,3-4,6-7,14H2,(H,17,21,22)/t9-,10+,11+/m0/s1. The third-order valence-electron chi connectivity index (χ3n) is 3.37. The van der Waals surface area contributed by atoms with Crippen LogP contribution in [0, 0.1) is 11.8 Å². The lowest BCUT2D eigenvalue weighted by Gasteiger charge is -2.15. The highest BCUT2D eigenvalue weighted by molar-refractivity contribution is 5.29. The fourth-order valence-corrected chi connectivity index (χ4v) is 2.30. The third-order valence-corrected chi connectivity index (χ3v) is 3.37. The molecule has 1 aromatic heterocycles. The first kappa shape index (κ1) is 17.7. The van der Waals surface area contributed by atoms with E-state index >= 15 is 0 Å². The number of nitrogens with one attached hydrogen (secondary N) is 1.